The van der Waals surface area contributed by atoms with Crippen molar-refractivity contribution < 1.29 is 19.2 Å². The van der Waals surface area contributed by atoms with Crippen LogP contribution in [0.4, 0.5) is 5.69 Å². The molecule has 1 heterocycles. The molecular formula is C19H16N2O5S. The van der Waals surface area contributed by atoms with Crippen LogP contribution >= 0.6 is 11.3 Å². The normalized spacial score (nSPS) is 10.4. The lowest BCUT2D eigenvalue weighted by Gasteiger charge is -2.04. The van der Waals surface area contributed by atoms with E-state index in [0.29, 0.717) is 11.3 Å². The van der Waals surface area contributed by atoms with Gasteiger partial charge in [-0.2, -0.15) is 0 Å². The minimum atomic E-state index is -0.631. The van der Waals surface area contributed by atoms with Gasteiger partial charge in [-0.3, -0.25) is 10.1 Å². The lowest BCUT2D eigenvalue weighted by atomic mass is 10.1. The third-order valence-electron chi connectivity index (χ3n) is 3.86. The zero-order valence-electron chi connectivity index (χ0n) is 14.7. The number of aromatic nitrogens is 1. The van der Waals surface area contributed by atoms with E-state index in [2.05, 4.69) is 4.98 Å². The topological polar surface area (TPSA) is 91.6 Å². The summed E-state index contributed by atoms with van der Waals surface area (Å²) in [6.07, 6.45) is 0. The Kier molecular flexibility index (Phi) is 5.46. The maximum Gasteiger partial charge on any atom is 0.338 e. The second-order valence-electron chi connectivity index (χ2n) is 5.71. The zero-order chi connectivity index (χ0) is 19.4. The van der Waals surface area contributed by atoms with Crippen molar-refractivity contribution in [3.05, 3.63) is 74.8 Å². The van der Waals surface area contributed by atoms with Crippen LogP contribution < -0.4 is 4.74 Å². The largest absolute Gasteiger partial charge is 0.497 e. The van der Waals surface area contributed by atoms with Gasteiger partial charge in [-0.15, -0.1) is 11.3 Å². The van der Waals surface area contributed by atoms with E-state index in [1.165, 1.54) is 29.5 Å². The summed E-state index contributed by atoms with van der Waals surface area (Å²) < 4.78 is 10.4. The van der Waals surface area contributed by atoms with Gasteiger partial charge in [0, 0.05) is 22.6 Å². The molecule has 0 aliphatic carbocycles. The van der Waals surface area contributed by atoms with Crippen LogP contribution in [-0.2, 0) is 11.3 Å². The van der Waals surface area contributed by atoms with Gasteiger partial charge in [-0.05, 0) is 25.1 Å². The third-order valence-corrected chi connectivity index (χ3v) is 4.80. The number of nitro benzene ring substituents is 1. The van der Waals surface area contributed by atoms with Crippen molar-refractivity contribution in [2.45, 2.75) is 13.5 Å². The molecular weight excluding hydrogens is 368 g/mol. The number of rotatable bonds is 6. The minimum Gasteiger partial charge on any atom is -0.497 e. The molecule has 0 radical (unpaired) electrons. The Balaban J connectivity index is 1.69. The number of ether oxygens (including phenoxy) is 2. The monoisotopic (exact) mass is 384 g/mol. The van der Waals surface area contributed by atoms with Crippen LogP contribution in [0.15, 0.2) is 47.8 Å². The van der Waals surface area contributed by atoms with Crippen molar-refractivity contribution in [2.24, 2.45) is 0 Å². The number of benzene rings is 2. The molecule has 0 N–H and O–H groups in total. The SMILES string of the molecule is COc1cccc(-c2nc(COC(=O)c3ccc(C)c([N+](=O)[O-])c3)cs2)c1. The summed E-state index contributed by atoms with van der Waals surface area (Å²) in [5.74, 6) is 0.102. The molecule has 2 aromatic carbocycles. The van der Waals surface area contributed by atoms with Crippen LogP contribution in [-0.4, -0.2) is 23.0 Å². The lowest BCUT2D eigenvalue weighted by molar-refractivity contribution is -0.385. The first-order chi connectivity index (χ1) is 13.0. The van der Waals surface area contributed by atoms with Gasteiger partial charge in [0.05, 0.1) is 23.3 Å². The van der Waals surface area contributed by atoms with E-state index in [1.54, 1.807) is 19.4 Å². The fourth-order valence-corrected chi connectivity index (χ4v) is 3.22. The molecule has 7 nitrogen and oxygen atoms in total. The van der Waals surface area contributed by atoms with Gasteiger partial charge in [0.25, 0.3) is 5.69 Å². The summed E-state index contributed by atoms with van der Waals surface area (Å²) >= 11 is 1.43. The summed E-state index contributed by atoms with van der Waals surface area (Å²) in [6, 6.07) is 11.8. The van der Waals surface area contributed by atoms with Gasteiger partial charge in [-0.1, -0.05) is 18.2 Å². The molecule has 27 heavy (non-hydrogen) atoms. The number of hydrogen-bond donors (Lipinski definition) is 0. The molecule has 0 saturated carbocycles. The fourth-order valence-electron chi connectivity index (χ4n) is 2.42. The average Bonchev–Trinajstić information content (AvgIpc) is 3.15. The van der Waals surface area contributed by atoms with Crippen LogP contribution in [0.2, 0.25) is 0 Å². The van der Waals surface area contributed by atoms with Gasteiger partial charge in [0.2, 0.25) is 0 Å². The highest BCUT2D eigenvalue weighted by Gasteiger charge is 2.16. The van der Waals surface area contributed by atoms with Crippen LogP contribution in [0.5, 0.6) is 5.75 Å². The highest BCUT2D eigenvalue weighted by Crippen LogP contribution is 2.27. The Bertz CT molecular complexity index is 999. The first-order valence-electron chi connectivity index (χ1n) is 7.99. The average molecular weight is 384 g/mol. The van der Waals surface area contributed by atoms with Crippen molar-refractivity contribution in [1.82, 2.24) is 4.98 Å². The van der Waals surface area contributed by atoms with Gasteiger partial charge in [0.1, 0.15) is 17.4 Å². The molecule has 1 aromatic heterocycles. The van der Waals surface area contributed by atoms with E-state index < -0.39 is 10.9 Å². The number of carbonyl (C=O) groups is 1. The first-order valence-corrected chi connectivity index (χ1v) is 8.87. The molecule has 0 amide bonds. The predicted molar refractivity (Wildman–Crippen MR) is 101 cm³/mol. The maximum absolute atomic E-state index is 12.2. The number of methoxy groups -OCH3 is 1. The van der Waals surface area contributed by atoms with Crippen molar-refractivity contribution in [3.8, 4) is 16.3 Å². The van der Waals surface area contributed by atoms with E-state index in [1.807, 2.05) is 24.3 Å². The van der Waals surface area contributed by atoms with E-state index >= 15 is 0 Å². The van der Waals surface area contributed by atoms with Crippen molar-refractivity contribution in [3.63, 3.8) is 0 Å². The Morgan fingerprint density at radius 1 is 1.26 bits per heavy atom. The maximum atomic E-state index is 12.2. The fraction of sp³-hybridized carbons (Fsp3) is 0.158. The summed E-state index contributed by atoms with van der Waals surface area (Å²) in [6.45, 7) is 1.60. The smallest absolute Gasteiger partial charge is 0.338 e. The second kappa shape index (κ2) is 7.96. The van der Waals surface area contributed by atoms with Gasteiger partial charge >= 0.3 is 5.97 Å². The van der Waals surface area contributed by atoms with Crippen LogP contribution in [0, 0.1) is 17.0 Å². The van der Waals surface area contributed by atoms with E-state index in [9.17, 15) is 14.9 Å². The quantitative estimate of drug-likeness (QED) is 0.355. The molecule has 0 aliphatic rings. The predicted octanol–water partition coefficient (Wildman–Crippen LogP) is 4.39. The third kappa shape index (κ3) is 4.29. The van der Waals surface area contributed by atoms with E-state index in [0.717, 1.165) is 16.3 Å². The molecule has 0 atom stereocenters. The molecule has 0 bridgehead atoms. The molecule has 0 unspecified atom stereocenters. The van der Waals surface area contributed by atoms with Gasteiger partial charge in [0.15, 0.2) is 0 Å². The molecule has 3 aromatic rings. The number of hydrogen-bond acceptors (Lipinski definition) is 7. The number of esters is 1. The Morgan fingerprint density at radius 3 is 2.81 bits per heavy atom. The number of nitrogens with zero attached hydrogens (tertiary/aromatic N) is 2. The summed E-state index contributed by atoms with van der Waals surface area (Å²) in [4.78, 5) is 27.1. The summed E-state index contributed by atoms with van der Waals surface area (Å²) in [7, 11) is 1.60. The molecule has 138 valence electrons. The zero-order valence-corrected chi connectivity index (χ0v) is 15.5. The van der Waals surface area contributed by atoms with Crippen molar-refractivity contribution in [2.75, 3.05) is 7.11 Å². The van der Waals surface area contributed by atoms with E-state index in [4.69, 9.17) is 9.47 Å². The van der Waals surface area contributed by atoms with Crippen LogP contribution in [0.1, 0.15) is 21.6 Å². The summed E-state index contributed by atoms with van der Waals surface area (Å²) in [5, 5.41) is 13.6. The molecule has 8 heteroatoms. The van der Waals surface area contributed by atoms with Crippen molar-refractivity contribution >= 4 is 23.0 Å². The summed E-state index contributed by atoms with van der Waals surface area (Å²) in [5.41, 5.74) is 2.02. The molecule has 0 spiro atoms. The molecule has 0 fully saturated rings. The van der Waals surface area contributed by atoms with Gasteiger partial charge < -0.3 is 9.47 Å². The number of aryl methyl sites for hydroxylation is 1. The number of carbonyl (C=O) groups excluding carboxylic acids is 1. The Hall–Kier alpha value is -3.26. The highest BCUT2D eigenvalue weighted by molar-refractivity contribution is 7.13. The Labute approximate surface area is 159 Å². The van der Waals surface area contributed by atoms with Crippen LogP contribution in [0.3, 0.4) is 0 Å². The first kappa shape index (κ1) is 18.5. The number of nitro groups is 1. The minimum absolute atomic E-state index is 0.0129. The molecule has 3 rings (SSSR count). The standard InChI is InChI=1S/C19H16N2O5S/c1-12-6-7-14(9-17(12)21(23)24)19(22)26-10-15-11-27-18(20-15)13-4-3-5-16(8-13)25-2/h3-9,11H,10H2,1-2H3. The molecule has 0 aliphatic heterocycles. The second-order valence-corrected chi connectivity index (χ2v) is 6.57. The lowest BCUT2D eigenvalue weighted by Crippen LogP contribution is -2.06. The van der Waals surface area contributed by atoms with Gasteiger partial charge in [-0.25, -0.2) is 9.78 Å². The molecule has 0 saturated heterocycles. The van der Waals surface area contributed by atoms with E-state index in [-0.39, 0.29) is 17.9 Å². The Morgan fingerprint density at radius 2 is 2.07 bits per heavy atom. The highest BCUT2D eigenvalue weighted by atomic mass is 32.1. The van der Waals surface area contributed by atoms with Crippen LogP contribution in [0.25, 0.3) is 10.6 Å². The van der Waals surface area contributed by atoms with Crippen molar-refractivity contribution in [1.29, 1.82) is 0 Å². The number of thiazole rings is 1.